The summed E-state index contributed by atoms with van der Waals surface area (Å²) < 4.78 is 121. The molecule has 0 spiro atoms. The molecule has 16 heteroatoms. The van der Waals surface area contributed by atoms with Crippen LogP contribution in [0.3, 0.4) is 0 Å². The molecule has 0 saturated carbocycles. The van der Waals surface area contributed by atoms with Crippen LogP contribution >= 0.6 is 0 Å². The molecule has 0 aliphatic carbocycles. The Balaban J connectivity index is 0.000000120. The SMILES string of the molecule is Cc1cc(C)c2c(n1)oc1c(-c3cc(C(C)C)cc[n+]3C)c(C)ccc12.Cc1cc(C)c2c(n1)oc1c(-c3cccc[n+]3C)c(C)ccc12.Cc1ncc2c(n1)oc1c(-c3cccc[n+]3C)c(C)ccc12.[2H]C([2H])([2H])c1cc(C)nc2oc3c(-c4cc(C([2H])(C)C([2H])([2H])[2H])cc[n+]4C)c(C)ccc3c12.[2H]C([2H])([2H])c1cc(C)nc2oc3c(-c4cccc[n+]4C)c(C)ccc3c12. The zero-order chi connectivity index (χ0) is 93.1. The number of pyridine rings is 9. The number of aryl methyl sites for hydroxylation is 19. The van der Waals surface area contributed by atoms with E-state index in [4.69, 9.17) is 35.8 Å². The minimum absolute atomic E-state index is 0.179. The molecule has 600 valence electrons. The van der Waals surface area contributed by atoms with Crippen molar-refractivity contribution in [2.75, 3.05) is 0 Å². The third-order valence-electron chi connectivity index (χ3n) is 22.8. The van der Waals surface area contributed by atoms with Gasteiger partial charge < -0.3 is 22.1 Å². The number of fused-ring (bicyclic) bond motifs is 15. The van der Waals surface area contributed by atoms with Crippen LogP contribution in [-0.2, 0) is 35.2 Å². The zero-order valence-electron chi connectivity index (χ0n) is 81.6. The Hall–Kier alpha value is -13.5. The molecular weight excluding hydrogens is 1480 g/mol. The molecule has 5 aromatic carbocycles. The van der Waals surface area contributed by atoms with E-state index in [9.17, 15) is 0 Å². The quantitative estimate of drug-likeness (QED) is 0.140. The van der Waals surface area contributed by atoms with E-state index in [1.54, 1.807) is 44.3 Å². The van der Waals surface area contributed by atoms with Gasteiger partial charge in [-0.15, -0.1) is 0 Å². The van der Waals surface area contributed by atoms with Gasteiger partial charge in [0, 0.05) is 130 Å². The Morgan fingerprint density at radius 3 is 0.958 bits per heavy atom. The van der Waals surface area contributed by atoms with Crippen LogP contribution in [0.15, 0.2) is 223 Å². The van der Waals surface area contributed by atoms with Crippen LogP contribution < -0.4 is 22.8 Å². The molecular formula is C104H104N11O5+5. The number of benzene rings is 5. The highest BCUT2D eigenvalue weighted by atomic mass is 16.4. The maximum Gasteiger partial charge on any atom is 0.230 e. The third-order valence-corrected chi connectivity index (χ3v) is 22.8. The highest BCUT2D eigenvalue weighted by Gasteiger charge is 2.29. The van der Waals surface area contributed by atoms with Crippen molar-refractivity contribution >= 4 is 110 Å². The van der Waals surface area contributed by atoms with E-state index < -0.39 is 26.4 Å². The molecule has 20 aromatic rings. The van der Waals surface area contributed by atoms with Crippen LogP contribution in [0, 0.1) is 96.8 Å². The summed E-state index contributed by atoms with van der Waals surface area (Å²) in [5.41, 5.74) is 29.9. The van der Waals surface area contributed by atoms with Gasteiger partial charge in [0.15, 0.2) is 58.9 Å². The van der Waals surface area contributed by atoms with Crippen LogP contribution in [0.5, 0.6) is 0 Å². The summed E-state index contributed by atoms with van der Waals surface area (Å²) in [6.45, 7) is 22.7. The van der Waals surface area contributed by atoms with E-state index in [0.717, 1.165) is 134 Å². The molecule has 0 bridgehead atoms. The van der Waals surface area contributed by atoms with Gasteiger partial charge in [0.25, 0.3) is 0 Å². The first-order valence-corrected chi connectivity index (χ1v) is 40.3. The van der Waals surface area contributed by atoms with E-state index >= 15 is 0 Å². The minimum Gasteiger partial charge on any atom is -0.437 e. The van der Waals surface area contributed by atoms with Gasteiger partial charge in [-0.25, -0.2) is 47.8 Å². The van der Waals surface area contributed by atoms with Crippen LogP contribution in [-0.4, -0.2) is 29.9 Å². The lowest BCUT2D eigenvalue weighted by Crippen LogP contribution is -2.31. The van der Waals surface area contributed by atoms with Crippen LogP contribution in [0.2, 0.25) is 0 Å². The Labute approximate surface area is 713 Å². The molecule has 16 nitrogen and oxygen atoms in total. The number of hydrogen-bond donors (Lipinski definition) is 0. The smallest absolute Gasteiger partial charge is 0.230 e. The first-order chi connectivity index (χ1) is 61.5. The molecule has 0 aliphatic rings. The van der Waals surface area contributed by atoms with Crippen molar-refractivity contribution in [1.29, 1.82) is 0 Å². The standard InChI is InChI=1S/2C23H25N2O.2C20H19N2O.C18H16N3O/c2*1-13(2)17-9-10-25(6)19(12-17)21-14(3)7-8-18-20-15(4)11-16(5)24-23(20)26-22(18)21;2*1-12-8-9-15-17-13(2)11-14(3)21-20(17)23-19(15)18(12)16-7-5-6-10-22(16)4;1-11-7-8-13-14-10-19-12(2)20-18(14)22-17(13)16(11)15-6-4-5-9-21(15)3/h2*7-13H,1-6H3;2*5-11H,1-4H3;4-10H,1-3H3/q5*+1/i1D3,4D3,13D;;2D3;;. The fraction of sp³-hybridized carbons (Fsp3) is 0.240. The second-order valence-corrected chi connectivity index (χ2v) is 32.1. The molecule has 0 saturated heterocycles. The molecule has 20 rings (SSSR count). The fourth-order valence-electron chi connectivity index (χ4n) is 16.7. The number of nitrogens with zero attached hydrogens (tertiary/aromatic N) is 11. The molecule has 120 heavy (non-hydrogen) atoms. The van der Waals surface area contributed by atoms with Crippen molar-refractivity contribution in [3.8, 4) is 56.3 Å². The summed E-state index contributed by atoms with van der Waals surface area (Å²) in [5.74, 6) is -0.606. The number of hydrogen-bond acceptors (Lipinski definition) is 11. The highest BCUT2D eigenvalue weighted by Crippen LogP contribution is 2.44. The third kappa shape index (κ3) is 14.8. The second kappa shape index (κ2) is 32.1. The highest BCUT2D eigenvalue weighted by molar-refractivity contribution is 6.14. The molecule has 15 heterocycles. The Morgan fingerprint density at radius 2 is 0.608 bits per heavy atom. The normalized spacial score (nSPS) is 13.6. The monoisotopic (exact) mass is 1600 g/mol. The lowest BCUT2D eigenvalue weighted by molar-refractivity contribution is -0.660. The lowest BCUT2D eigenvalue weighted by Gasteiger charge is -2.09. The summed E-state index contributed by atoms with van der Waals surface area (Å²) in [7, 11) is 10.00. The van der Waals surface area contributed by atoms with Crippen molar-refractivity contribution < 1.29 is 58.6 Å². The second-order valence-electron chi connectivity index (χ2n) is 32.1. The van der Waals surface area contributed by atoms with Gasteiger partial charge in [0.05, 0.1) is 54.7 Å². The van der Waals surface area contributed by atoms with Crippen LogP contribution in [0.4, 0.5) is 0 Å². The Kier molecular flexibility index (Phi) is 18.3. The molecule has 0 fully saturated rings. The molecule has 1 unspecified atom stereocenters. The summed E-state index contributed by atoms with van der Waals surface area (Å²) in [4.78, 5) is 26.8. The molecule has 1 atom stereocenters. The van der Waals surface area contributed by atoms with Crippen molar-refractivity contribution in [3.05, 3.63) is 291 Å². The van der Waals surface area contributed by atoms with Gasteiger partial charge in [0.2, 0.25) is 57.0 Å². The molecule has 0 aliphatic heterocycles. The maximum absolute atomic E-state index is 8.51. The number of furan rings is 5. The minimum atomic E-state index is -2.51. The zero-order valence-corrected chi connectivity index (χ0v) is 71.6. The first kappa shape index (κ1) is 68.6. The largest absolute Gasteiger partial charge is 0.437 e. The summed E-state index contributed by atoms with van der Waals surface area (Å²) in [6.07, 6.45) is 11.8. The predicted octanol–water partition coefficient (Wildman–Crippen LogP) is 23.3. The van der Waals surface area contributed by atoms with Gasteiger partial charge in [-0.3, -0.25) is 0 Å². The van der Waals surface area contributed by atoms with Gasteiger partial charge >= 0.3 is 0 Å². The van der Waals surface area contributed by atoms with Crippen LogP contribution in [0.25, 0.3) is 167 Å². The van der Waals surface area contributed by atoms with E-state index in [-0.39, 0.29) is 16.8 Å². The van der Waals surface area contributed by atoms with Gasteiger partial charge in [-0.2, -0.15) is 4.98 Å². The maximum atomic E-state index is 8.51. The average molecular weight is 1600 g/mol. The summed E-state index contributed by atoms with van der Waals surface area (Å²) in [5, 5.41) is 8.95. The summed E-state index contributed by atoms with van der Waals surface area (Å²) >= 11 is 0. The Bertz CT molecular complexity index is 7950. The topological polar surface area (TPSA) is 162 Å². The first-order valence-electron chi connectivity index (χ1n) is 45.3. The van der Waals surface area contributed by atoms with Gasteiger partial charge in [0.1, 0.15) is 41.1 Å². The summed E-state index contributed by atoms with van der Waals surface area (Å²) in [6, 6.07) is 54.1. The van der Waals surface area contributed by atoms with Gasteiger partial charge in [-0.05, 0) is 212 Å². The van der Waals surface area contributed by atoms with Crippen molar-refractivity contribution in [3.63, 3.8) is 0 Å². The number of aromatic nitrogens is 11. The molecule has 15 aromatic heterocycles. The van der Waals surface area contributed by atoms with Crippen molar-refractivity contribution in [2.45, 2.75) is 136 Å². The average Bonchev–Trinajstić information content (AvgIpc) is 1.58. The molecule has 0 N–H and O–H groups in total. The van der Waals surface area contributed by atoms with Gasteiger partial charge in [-0.1, -0.05) is 88.3 Å². The predicted molar refractivity (Wildman–Crippen MR) is 483 cm³/mol. The molecule has 0 amide bonds. The lowest BCUT2D eigenvalue weighted by atomic mass is 9.97. The van der Waals surface area contributed by atoms with Crippen molar-refractivity contribution in [1.82, 2.24) is 29.9 Å². The van der Waals surface area contributed by atoms with E-state index in [1.165, 1.54) is 46.0 Å². The van der Waals surface area contributed by atoms with E-state index in [0.29, 0.717) is 72.9 Å². The number of rotatable bonds is 7. The van der Waals surface area contributed by atoms with E-state index in [1.807, 2.05) is 144 Å². The van der Waals surface area contributed by atoms with Crippen LogP contribution in [0.1, 0.15) is 143 Å². The Morgan fingerprint density at radius 1 is 0.300 bits per heavy atom. The van der Waals surface area contributed by atoms with Crippen molar-refractivity contribution in [2.24, 2.45) is 35.2 Å². The fourth-order valence-corrected chi connectivity index (χ4v) is 16.7. The van der Waals surface area contributed by atoms with E-state index in [2.05, 4.69) is 197 Å². The molecule has 0 radical (unpaired) electrons.